The highest BCUT2D eigenvalue weighted by atomic mass is 16.5. The normalized spacial score (nSPS) is 16.7. The minimum Gasteiger partial charge on any atom is -0.477 e. The van der Waals surface area contributed by atoms with Crippen molar-refractivity contribution < 1.29 is 9.47 Å². The Morgan fingerprint density at radius 1 is 1.17 bits per heavy atom. The van der Waals surface area contributed by atoms with Crippen LogP contribution in [0.25, 0.3) is 0 Å². The molecule has 24 heavy (non-hydrogen) atoms. The third-order valence-electron chi connectivity index (χ3n) is 4.28. The summed E-state index contributed by atoms with van der Waals surface area (Å²) in [6.07, 6.45) is 3.63. The second-order valence-corrected chi connectivity index (χ2v) is 5.75. The van der Waals surface area contributed by atoms with Gasteiger partial charge in [-0.3, -0.25) is 4.99 Å². The van der Waals surface area contributed by atoms with Gasteiger partial charge >= 0.3 is 0 Å². The smallest absolute Gasteiger partial charge is 0.223 e. The maximum atomic E-state index is 5.71. The van der Waals surface area contributed by atoms with Crippen LogP contribution in [0.5, 0.6) is 5.88 Å². The van der Waals surface area contributed by atoms with Crippen LogP contribution in [0.1, 0.15) is 23.6 Å². The minimum atomic E-state index is 0.589. The standard InChI is InChI=1S/C18H20N4O2/c1-2-24-18-16-14(4-6-20-18)12-21-17(16)13-3-5-19-15(11-13)22-7-9-23-10-8-22/h3-6,11H,2,7-10,12H2,1H3. The lowest BCUT2D eigenvalue weighted by Gasteiger charge is -2.28. The van der Waals surface area contributed by atoms with Crippen molar-refractivity contribution in [3.63, 3.8) is 0 Å². The molecule has 0 atom stereocenters. The highest BCUT2D eigenvalue weighted by molar-refractivity contribution is 6.16. The number of aromatic nitrogens is 2. The molecular weight excluding hydrogens is 304 g/mol. The Hall–Kier alpha value is -2.47. The van der Waals surface area contributed by atoms with Crippen molar-refractivity contribution in [2.24, 2.45) is 4.99 Å². The summed E-state index contributed by atoms with van der Waals surface area (Å²) >= 11 is 0. The molecule has 0 radical (unpaired) electrons. The highest BCUT2D eigenvalue weighted by Crippen LogP contribution is 2.30. The molecule has 2 aliphatic rings. The summed E-state index contributed by atoms with van der Waals surface area (Å²) in [6.45, 7) is 6.45. The van der Waals surface area contributed by atoms with Crippen LogP contribution in [0.3, 0.4) is 0 Å². The van der Waals surface area contributed by atoms with Crippen LogP contribution in [0.2, 0.25) is 0 Å². The molecule has 1 fully saturated rings. The van der Waals surface area contributed by atoms with Crippen LogP contribution in [0.4, 0.5) is 5.82 Å². The molecule has 2 aromatic rings. The summed E-state index contributed by atoms with van der Waals surface area (Å²) in [5, 5.41) is 0. The fourth-order valence-electron chi connectivity index (χ4n) is 3.12. The average molecular weight is 324 g/mol. The number of ether oxygens (including phenoxy) is 2. The molecule has 0 saturated carbocycles. The molecule has 124 valence electrons. The Morgan fingerprint density at radius 3 is 2.83 bits per heavy atom. The summed E-state index contributed by atoms with van der Waals surface area (Å²) in [5.74, 6) is 1.63. The van der Waals surface area contributed by atoms with Gasteiger partial charge in [-0.1, -0.05) is 0 Å². The Balaban J connectivity index is 1.69. The Kier molecular flexibility index (Phi) is 4.13. The van der Waals surface area contributed by atoms with Gasteiger partial charge in [0.05, 0.1) is 37.6 Å². The Bertz CT molecular complexity index is 769. The third-order valence-corrected chi connectivity index (χ3v) is 4.28. The van der Waals surface area contributed by atoms with Crippen molar-refractivity contribution in [2.75, 3.05) is 37.8 Å². The minimum absolute atomic E-state index is 0.589. The quantitative estimate of drug-likeness (QED) is 0.861. The highest BCUT2D eigenvalue weighted by Gasteiger charge is 2.24. The average Bonchev–Trinajstić information content (AvgIpc) is 3.08. The maximum Gasteiger partial charge on any atom is 0.223 e. The van der Waals surface area contributed by atoms with E-state index in [1.165, 1.54) is 0 Å². The number of nitrogens with zero attached hydrogens (tertiary/aromatic N) is 4. The number of hydrogen-bond acceptors (Lipinski definition) is 6. The zero-order valence-electron chi connectivity index (χ0n) is 13.7. The first-order valence-electron chi connectivity index (χ1n) is 8.31. The second kappa shape index (κ2) is 6.57. The van der Waals surface area contributed by atoms with Gasteiger partial charge in [0.2, 0.25) is 5.88 Å². The van der Waals surface area contributed by atoms with Gasteiger partial charge in [0.15, 0.2) is 0 Å². The van der Waals surface area contributed by atoms with E-state index in [0.717, 1.165) is 54.5 Å². The predicted molar refractivity (Wildman–Crippen MR) is 92.0 cm³/mol. The fourth-order valence-corrected chi connectivity index (χ4v) is 3.12. The van der Waals surface area contributed by atoms with Crippen molar-refractivity contribution in [1.29, 1.82) is 0 Å². The van der Waals surface area contributed by atoms with Crippen LogP contribution in [-0.2, 0) is 11.3 Å². The van der Waals surface area contributed by atoms with Crippen LogP contribution in [0, 0.1) is 0 Å². The summed E-state index contributed by atoms with van der Waals surface area (Å²) in [4.78, 5) is 15.9. The maximum absolute atomic E-state index is 5.71. The number of hydrogen-bond donors (Lipinski definition) is 0. The molecule has 4 rings (SSSR count). The molecule has 1 saturated heterocycles. The lowest BCUT2D eigenvalue weighted by atomic mass is 10.0. The predicted octanol–water partition coefficient (Wildman–Crippen LogP) is 2.06. The van der Waals surface area contributed by atoms with Gasteiger partial charge in [0, 0.05) is 31.0 Å². The molecule has 4 heterocycles. The molecule has 6 nitrogen and oxygen atoms in total. The van der Waals surface area contributed by atoms with Gasteiger partial charge < -0.3 is 14.4 Å². The van der Waals surface area contributed by atoms with Crippen LogP contribution in [0.15, 0.2) is 35.6 Å². The van der Waals surface area contributed by atoms with E-state index in [1.807, 2.05) is 25.3 Å². The molecule has 2 aliphatic heterocycles. The number of rotatable bonds is 4. The van der Waals surface area contributed by atoms with Crippen LogP contribution >= 0.6 is 0 Å². The fraction of sp³-hybridized carbons (Fsp3) is 0.389. The zero-order chi connectivity index (χ0) is 16.4. The lowest BCUT2D eigenvalue weighted by Crippen LogP contribution is -2.36. The zero-order valence-corrected chi connectivity index (χ0v) is 13.7. The van der Waals surface area contributed by atoms with E-state index in [2.05, 4.69) is 20.9 Å². The molecule has 0 amide bonds. The number of morpholine rings is 1. The topological polar surface area (TPSA) is 59.8 Å². The second-order valence-electron chi connectivity index (χ2n) is 5.75. The van der Waals surface area contributed by atoms with E-state index in [0.29, 0.717) is 19.0 Å². The monoisotopic (exact) mass is 324 g/mol. The van der Waals surface area contributed by atoms with Gasteiger partial charge in [-0.15, -0.1) is 0 Å². The van der Waals surface area contributed by atoms with Gasteiger partial charge in [-0.25, -0.2) is 9.97 Å². The molecule has 2 aromatic heterocycles. The largest absolute Gasteiger partial charge is 0.477 e. The van der Waals surface area contributed by atoms with Crippen molar-refractivity contribution in [2.45, 2.75) is 13.5 Å². The van der Waals surface area contributed by atoms with Gasteiger partial charge in [0.1, 0.15) is 5.82 Å². The number of aliphatic imine (C=N–C) groups is 1. The van der Waals surface area contributed by atoms with Crippen LogP contribution < -0.4 is 9.64 Å². The molecule has 0 N–H and O–H groups in total. The van der Waals surface area contributed by atoms with Crippen molar-refractivity contribution in [3.8, 4) is 5.88 Å². The van der Waals surface area contributed by atoms with E-state index < -0.39 is 0 Å². The van der Waals surface area contributed by atoms with Crippen molar-refractivity contribution in [1.82, 2.24) is 9.97 Å². The first-order valence-corrected chi connectivity index (χ1v) is 8.31. The van der Waals surface area contributed by atoms with Crippen LogP contribution in [-0.4, -0.2) is 48.6 Å². The first-order chi connectivity index (χ1) is 11.9. The lowest BCUT2D eigenvalue weighted by molar-refractivity contribution is 0.122. The number of anilines is 1. The Labute approximate surface area is 141 Å². The molecule has 0 bridgehead atoms. The van der Waals surface area contributed by atoms with E-state index in [9.17, 15) is 0 Å². The molecule has 0 aliphatic carbocycles. The molecule has 0 unspecified atom stereocenters. The molecular formula is C18H20N4O2. The van der Waals surface area contributed by atoms with E-state index in [-0.39, 0.29) is 0 Å². The van der Waals surface area contributed by atoms with Crippen molar-refractivity contribution >= 4 is 11.5 Å². The first kappa shape index (κ1) is 15.1. The number of fused-ring (bicyclic) bond motifs is 1. The SMILES string of the molecule is CCOc1nccc2c1C(c1ccnc(N3CCOCC3)c1)=NC2. The van der Waals surface area contributed by atoms with E-state index in [4.69, 9.17) is 14.5 Å². The molecule has 0 aromatic carbocycles. The van der Waals surface area contributed by atoms with Gasteiger partial charge in [-0.05, 0) is 30.7 Å². The number of pyridine rings is 2. The van der Waals surface area contributed by atoms with E-state index in [1.54, 1.807) is 6.20 Å². The van der Waals surface area contributed by atoms with Gasteiger partial charge in [-0.2, -0.15) is 0 Å². The third kappa shape index (κ3) is 2.73. The Morgan fingerprint density at radius 2 is 2.00 bits per heavy atom. The van der Waals surface area contributed by atoms with Crippen molar-refractivity contribution in [3.05, 3.63) is 47.3 Å². The summed E-state index contributed by atoms with van der Waals surface area (Å²) in [5.41, 5.74) is 4.17. The molecule has 0 spiro atoms. The summed E-state index contributed by atoms with van der Waals surface area (Å²) in [6, 6.07) is 6.11. The van der Waals surface area contributed by atoms with E-state index >= 15 is 0 Å². The van der Waals surface area contributed by atoms with Gasteiger partial charge in [0.25, 0.3) is 0 Å². The molecule has 6 heteroatoms. The summed E-state index contributed by atoms with van der Waals surface area (Å²) in [7, 11) is 0. The summed E-state index contributed by atoms with van der Waals surface area (Å²) < 4.78 is 11.1.